The molecule has 1 aliphatic heterocycles. The lowest BCUT2D eigenvalue weighted by Gasteiger charge is -2.26. The lowest BCUT2D eigenvalue weighted by molar-refractivity contribution is -0.123. The predicted octanol–water partition coefficient (Wildman–Crippen LogP) is 0.903. The van der Waals surface area contributed by atoms with E-state index in [4.69, 9.17) is 0 Å². The molecule has 1 aliphatic rings. The van der Waals surface area contributed by atoms with Crippen LogP contribution in [0.15, 0.2) is 48.8 Å². The molecule has 140 valence electrons. The molecule has 1 saturated heterocycles. The lowest BCUT2D eigenvalue weighted by atomic mass is 10.1. The molecule has 0 atom stereocenters. The number of hydrogen-bond donors (Lipinski definition) is 2. The van der Waals surface area contributed by atoms with Gasteiger partial charge in [0.25, 0.3) is 5.91 Å². The highest BCUT2D eigenvalue weighted by Gasteiger charge is 2.22. The summed E-state index contributed by atoms with van der Waals surface area (Å²) >= 11 is 0. The average molecular weight is 366 g/mol. The Hall–Kier alpha value is -3.22. The summed E-state index contributed by atoms with van der Waals surface area (Å²) in [5, 5.41) is 5.58. The third kappa shape index (κ3) is 5.37. The zero-order valence-electron chi connectivity index (χ0n) is 15.0. The Morgan fingerprint density at radius 3 is 2.67 bits per heavy atom. The molecule has 7 heteroatoms. The molecule has 27 heavy (non-hydrogen) atoms. The zero-order valence-corrected chi connectivity index (χ0v) is 15.0. The van der Waals surface area contributed by atoms with Crippen LogP contribution in [0.4, 0.5) is 0 Å². The number of nitrogens with zero attached hydrogens (tertiary/aromatic N) is 2. The predicted molar refractivity (Wildman–Crippen MR) is 99.8 cm³/mol. The van der Waals surface area contributed by atoms with Crippen molar-refractivity contribution in [2.24, 2.45) is 0 Å². The number of amides is 3. The molecule has 1 aromatic heterocycles. The van der Waals surface area contributed by atoms with E-state index in [1.165, 1.54) is 4.90 Å². The van der Waals surface area contributed by atoms with Gasteiger partial charge in [0.05, 0.1) is 6.54 Å². The number of aryl methyl sites for hydroxylation is 1. The Labute approximate surface area is 157 Å². The molecule has 0 bridgehead atoms. The molecule has 0 saturated carbocycles. The molecule has 0 radical (unpaired) electrons. The van der Waals surface area contributed by atoms with Gasteiger partial charge < -0.3 is 15.5 Å². The van der Waals surface area contributed by atoms with E-state index in [0.717, 1.165) is 11.1 Å². The van der Waals surface area contributed by atoms with Gasteiger partial charge in [-0.05, 0) is 35.7 Å². The first-order valence-electron chi connectivity index (χ1n) is 8.92. The van der Waals surface area contributed by atoms with Crippen LogP contribution in [-0.4, -0.2) is 47.2 Å². The first kappa shape index (κ1) is 18.6. The number of carbonyl (C=O) groups excluding carboxylic acids is 3. The molecule has 0 unspecified atom stereocenters. The van der Waals surface area contributed by atoms with E-state index in [2.05, 4.69) is 15.6 Å². The molecule has 0 aliphatic carbocycles. The van der Waals surface area contributed by atoms with Crippen molar-refractivity contribution in [3.05, 3.63) is 65.5 Å². The number of hydrogen-bond acceptors (Lipinski definition) is 4. The maximum absolute atomic E-state index is 12.4. The fourth-order valence-corrected chi connectivity index (χ4v) is 2.85. The molecular weight excluding hydrogens is 344 g/mol. The molecule has 2 heterocycles. The van der Waals surface area contributed by atoms with Crippen molar-refractivity contribution in [2.45, 2.75) is 19.4 Å². The maximum Gasteiger partial charge on any atom is 0.254 e. The Kier molecular flexibility index (Phi) is 6.14. The number of pyridine rings is 1. The number of carbonyl (C=O) groups is 3. The molecule has 7 nitrogen and oxygen atoms in total. The van der Waals surface area contributed by atoms with Crippen LogP contribution >= 0.6 is 0 Å². The van der Waals surface area contributed by atoms with Gasteiger partial charge in [-0.3, -0.25) is 19.4 Å². The summed E-state index contributed by atoms with van der Waals surface area (Å²) < 4.78 is 0. The van der Waals surface area contributed by atoms with Gasteiger partial charge >= 0.3 is 0 Å². The molecule has 2 aromatic rings. The number of aromatic nitrogens is 1. The van der Waals surface area contributed by atoms with E-state index in [0.29, 0.717) is 38.0 Å². The molecule has 0 spiro atoms. The smallest absolute Gasteiger partial charge is 0.254 e. The van der Waals surface area contributed by atoms with Crippen LogP contribution in [0.25, 0.3) is 0 Å². The van der Waals surface area contributed by atoms with Gasteiger partial charge in [-0.25, -0.2) is 0 Å². The minimum absolute atomic E-state index is 0.0293. The summed E-state index contributed by atoms with van der Waals surface area (Å²) in [6.45, 7) is 1.49. The van der Waals surface area contributed by atoms with E-state index >= 15 is 0 Å². The SMILES string of the molecule is O=C(CCc1cccnc1)NCc1ccc(C(=O)N2CCNC(=O)C2)cc1. The highest BCUT2D eigenvalue weighted by atomic mass is 16.2. The van der Waals surface area contributed by atoms with Gasteiger partial charge in [-0.2, -0.15) is 0 Å². The normalized spacial score (nSPS) is 13.8. The van der Waals surface area contributed by atoms with Crippen LogP contribution in [-0.2, 0) is 22.6 Å². The van der Waals surface area contributed by atoms with Crippen LogP contribution in [0.5, 0.6) is 0 Å². The van der Waals surface area contributed by atoms with Crippen molar-refractivity contribution in [1.29, 1.82) is 0 Å². The van der Waals surface area contributed by atoms with Crippen LogP contribution in [0.3, 0.4) is 0 Å². The maximum atomic E-state index is 12.4. The van der Waals surface area contributed by atoms with Gasteiger partial charge in [0.2, 0.25) is 11.8 Å². The number of nitrogens with one attached hydrogen (secondary N) is 2. The lowest BCUT2D eigenvalue weighted by Crippen LogP contribution is -2.49. The van der Waals surface area contributed by atoms with Crippen molar-refractivity contribution < 1.29 is 14.4 Å². The van der Waals surface area contributed by atoms with Crippen LogP contribution < -0.4 is 10.6 Å². The highest BCUT2D eigenvalue weighted by Crippen LogP contribution is 2.09. The van der Waals surface area contributed by atoms with Crippen LogP contribution in [0.2, 0.25) is 0 Å². The van der Waals surface area contributed by atoms with E-state index in [-0.39, 0.29) is 24.3 Å². The van der Waals surface area contributed by atoms with Gasteiger partial charge in [-0.1, -0.05) is 18.2 Å². The monoisotopic (exact) mass is 366 g/mol. The third-order valence-corrected chi connectivity index (χ3v) is 4.38. The molecular formula is C20H22N4O3. The standard InChI is InChI=1S/C20H22N4O3/c25-18(8-5-15-2-1-9-21-12-15)23-13-16-3-6-17(7-4-16)20(27)24-11-10-22-19(26)14-24/h1-4,6-7,9,12H,5,8,10-11,13-14H2,(H,22,26)(H,23,25). The van der Waals surface area contributed by atoms with Gasteiger partial charge in [0, 0.05) is 44.0 Å². The molecule has 1 fully saturated rings. The third-order valence-electron chi connectivity index (χ3n) is 4.38. The van der Waals surface area contributed by atoms with Gasteiger partial charge in [0.1, 0.15) is 0 Å². The van der Waals surface area contributed by atoms with Crippen molar-refractivity contribution in [2.75, 3.05) is 19.6 Å². The molecule has 1 aromatic carbocycles. The van der Waals surface area contributed by atoms with E-state index < -0.39 is 0 Å². The minimum Gasteiger partial charge on any atom is -0.353 e. The summed E-state index contributed by atoms with van der Waals surface area (Å²) in [6, 6.07) is 10.9. The molecule has 2 N–H and O–H groups in total. The van der Waals surface area contributed by atoms with E-state index in [9.17, 15) is 14.4 Å². The Balaban J connectivity index is 1.46. The summed E-state index contributed by atoms with van der Waals surface area (Å²) in [5.74, 6) is -0.324. The Morgan fingerprint density at radius 2 is 1.96 bits per heavy atom. The topological polar surface area (TPSA) is 91.4 Å². The fourth-order valence-electron chi connectivity index (χ4n) is 2.85. The largest absolute Gasteiger partial charge is 0.353 e. The second-order valence-electron chi connectivity index (χ2n) is 6.41. The van der Waals surface area contributed by atoms with Crippen molar-refractivity contribution in [3.8, 4) is 0 Å². The molecule has 3 amide bonds. The zero-order chi connectivity index (χ0) is 19.1. The summed E-state index contributed by atoms with van der Waals surface area (Å²) in [7, 11) is 0. The second kappa shape index (κ2) is 8.93. The van der Waals surface area contributed by atoms with Gasteiger partial charge in [0.15, 0.2) is 0 Å². The van der Waals surface area contributed by atoms with E-state index in [1.54, 1.807) is 24.5 Å². The number of benzene rings is 1. The number of rotatable bonds is 6. The quantitative estimate of drug-likeness (QED) is 0.795. The van der Waals surface area contributed by atoms with Crippen LogP contribution in [0, 0.1) is 0 Å². The first-order chi connectivity index (χ1) is 13.1. The minimum atomic E-state index is -0.156. The van der Waals surface area contributed by atoms with Crippen LogP contribution in [0.1, 0.15) is 27.9 Å². The molecule has 3 rings (SSSR count). The number of piperazine rings is 1. The summed E-state index contributed by atoms with van der Waals surface area (Å²) in [5.41, 5.74) is 2.48. The van der Waals surface area contributed by atoms with Crippen molar-refractivity contribution >= 4 is 17.7 Å². The summed E-state index contributed by atoms with van der Waals surface area (Å²) in [4.78, 5) is 41.4. The highest BCUT2D eigenvalue weighted by molar-refractivity contribution is 5.97. The average Bonchev–Trinajstić information content (AvgIpc) is 2.71. The first-order valence-corrected chi connectivity index (χ1v) is 8.92. The van der Waals surface area contributed by atoms with Crippen molar-refractivity contribution in [3.63, 3.8) is 0 Å². The Morgan fingerprint density at radius 1 is 1.15 bits per heavy atom. The summed E-state index contributed by atoms with van der Waals surface area (Å²) in [6.07, 6.45) is 4.52. The fraction of sp³-hybridized carbons (Fsp3) is 0.300. The Bertz CT molecular complexity index is 806. The van der Waals surface area contributed by atoms with Crippen molar-refractivity contribution in [1.82, 2.24) is 20.5 Å². The second-order valence-corrected chi connectivity index (χ2v) is 6.41. The van der Waals surface area contributed by atoms with E-state index in [1.807, 2.05) is 24.3 Å². The van der Waals surface area contributed by atoms with Gasteiger partial charge in [-0.15, -0.1) is 0 Å².